The van der Waals surface area contributed by atoms with Crippen molar-refractivity contribution < 1.29 is 28.6 Å². The van der Waals surface area contributed by atoms with E-state index in [1.165, 1.54) is 199 Å². The summed E-state index contributed by atoms with van der Waals surface area (Å²) in [7, 11) is 0. The van der Waals surface area contributed by atoms with Gasteiger partial charge in [0.15, 0.2) is 6.10 Å². The molecule has 0 aromatic carbocycles. The predicted molar refractivity (Wildman–Crippen MR) is 247 cm³/mol. The van der Waals surface area contributed by atoms with Gasteiger partial charge in [-0.25, -0.2) is 0 Å². The maximum atomic E-state index is 12.8. The Morgan fingerprint density at radius 1 is 0.276 bits per heavy atom. The van der Waals surface area contributed by atoms with E-state index < -0.39 is 6.10 Å². The number of hydrogen-bond acceptors (Lipinski definition) is 6. The predicted octanol–water partition coefficient (Wildman–Crippen LogP) is 16.8. The molecule has 6 nitrogen and oxygen atoms in total. The van der Waals surface area contributed by atoms with E-state index in [0.29, 0.717) is 19.3 Å². The standard InChI is InChI=1S/C52H100O6/c1-4-7-10-13-16-19-22-24-25-26-27-29-30-33-36-39-42-45-51(54)57-48-49(47-56-50(53)44-41-38-35-32-21-18-15-12-9-6-3)58-52(55)46-43-40-37-34-31-28-23-20-17-14-11-8-5-2/h49H,4-48H2,1-3H3/t49-/m1/s1. The van der Waals surface area contributed by atoms with E-state index in [1.54, 1.807) is 0 Å². The highest BCUT2D eigenvalue weighted by Crippen LogP contribution is 2.17. The third kappa shape index (κ3) is 45.5. The molecule has 0 aliphatic rings. The van der Waals surface area contributed by atoms with Crippen molar-refractivity contribution in [1.82, 2.24) is 0 Å². The van der Waals surface area contributed by atoms with Gasteiger partial charge in [0.1, 0.15) is 13.2 Å². The first-order valence-electron chi connectivity index (χ1n) is 26.0. The fourth-order valence-electron chi connectivity index (χ4n) is 7.92. The van der Waals surface area contributed by atoms with Crippen LogP contribution in [0.1, 0.15) is 297 Å². The number of ether oxygens (including phenoxy) is 3. The van der Waals surface area contributed by atoms with Crippen LogP contribution in [0, 0.1) is 0 Å². The first-order chi connectivity index (χ1) is 28.5. The highest BCUT2D eigenvalue weighted by molar-refractivity contribution is 5.71. The molecule has 0 fully saturated rings. The van der Waals surface area contributed by atoms with Crippen molar-refractivity contribution in [3.05, 3.63) is 0 Å². The molecule has 1 atom stereocenters. The monoisotopic (exact) mass is 821 g/mol. The van der Waals surface area contributed by atoms with Crippen LogP contribution in [-0.4, -0.2) is 37.2 Å². The van der Waals surface area contributed by atoms with Crippen molar-refractivity contribution in [1.29, 1.82) is 0 Å². The zero-order chi connectivity index (χ0) is 42.3. The second-order valence-electron chi connectivity index (χ2n) is 17.8. The summed E-state index contributed by atoms with van der Waals surface area (Å²) < 4.78 is 16.8. The summed E-state index contributed by atoms with van der Waals surface area (Å²) in [6, 6.07) is 0. The average Bonchev–Trinajstić information content (AvgIpc) is 3.22. The van der Waals surface area contributed by atoms with E-state index in [2.05, 4.69) is 20.8 Å². The molecule has 0 aliphatic carbocycles. The van der Waals surface area contributed by atoms with Gasteiger partial charge in [-0.05, 0) is 19.3 Å². The highest BCUT2D eigenvalue weighted by atomic mass is 16.6. The Bertz CT molecular complexity index is 859. The van der Waals surface area contributed by atoms with E-state index in [1.807, 2.05) is 0 Å². The molecule has 0 saturated carbocycles. The maximum Gasteiger partial charge on any atom is 0.306 e. The van der Waals surface area contributed by atoms with E-state index >= 15 is 0 Å². The molecule has 0 unspecified atom stereocenters. The maximum absolute atomic E-state index is 12.8. The molecular formula is C52H100O6. The van der Waals surface area contributed by atoms with Crippen LogP contribution in [0.15, 0.2) is 0 Å². The molecule has 0 rings (SSSR count). The van der Waals surface area contributed by atoms with Gasteiger partial charge >= 0.3 is 17.9 Å². The minimum Gasteiger partial charge on any atom is -0.462 e. The van der Waals surface area contributed by atoms with Gasteiger partial charge in [-0.15, -0.1) is 0 Å². The summed E-state index contributed by atoms with van der Waals surface area (Å²) in [6.45, 7) is 6.67. The number of unbranched alkanes of at least 4 members (excludes halogenated alkanes) is 37. The lowest BCUT2D eigenvalue weighted by molar-refractivity contribution is -0.167. The molecule has 0 N–H and O–H groups in total. The van der Waals surface area contributed by atoms with Crippen LogP contribution >= 0.6 is 0 Å². The lowest BCUT2D eigenvalue weighted by atomic mass is 10.0. The van der Waals surface area contributed by atoms with Crippen LogP contribution < -0.4 is 0 Å². The minimum absolute atomic E-state index is 0.0618. The van der Waals surface area contributed by atoms with E-state index in [9.17, 15) is 14.4 Å². The summed E-state index contributed by atoms with van der Waals surface area (Å²) in [5, 5.41) is 0. The lowest BCUT2D eigenvalue weighted by Gasteiger charge is -2.18. The molecule has 0 aromatic heterocycles. The van der Waals surface area contributed by atoms with Crippen LogP contribution in [0.2, 0.25) is 0 Å². The van der Waals surface area contributed by atoms with Crippen molar-refractivity contribution in [2.75, 3.05) is 13.2 Å². The van der Waals surface area contributed by atoms with E-state index in [0.717, 1.165) is 57.8 Å². The van der Waals surface area contributed by atoms with Gasteiger partial charge in [-0.2, -0.15) is 0 Å². The summed E-state index contributed by atoms with van der Waals surface area (Å²) in [5.74, 6) is -0.842. The van der Waals surface area contributed by atoms with Gasteiger partial charge in [0.25, 0.3) is 0 Å². The number of hydrogen-bond donors (Lipinski definition) is 0. The molecule has 0 spiro atoms. The first kappa shape index (κ1) is 56.4. The molecule has 0 bridgehead atoms. The summed E-state index contributed by atoms with van der Waals surface area (Å²) >= 11 is 0. The first-order valence-corrected chi connectivity index (χ1v) is 26.0. The van der Waals surface area contributed by atoms with E-state index in [4.69, 9.17) is 14.2 Å². The van der Waals surface area contributed by atoms with Crippen molar-refractivity contribution in [2.24, 2.45) is 0 Å². The third-order valence-electron chi connectivity index (χ3n) is 11.9. The van der Waals surface area contributed by atoms with Crippen molar-refractivity contribution >= 4 is 17.9 Å². The topological polar surface area (TPSA) is 78.9 Å². The average molecular weight is 821 g/mol. The van der Waals surface area contributed by atoms with Crippen molar-refractivity contribution in [3.63, 3.8) is 0 Å². The highest BCUT2D eigenvalue weighted by Gasteiger charge is 2.19. The Balaban J connectivity index is 4.26. The second kappa shape index (κ2) is 48.1. The molecular weight excluding hydrogens is 721 g/mol. The largest absolute Gasteiger partial charge is 0.462 e. The van der Waals surface area contributed by atoms with Crippen molar-refractivity contribution in [2.45, 2.75) is 303 Å². The Hall–Kier alpha value is -1.59. The van der Waals surface area contributed by atoms with Gasteiger partial charge in [0, 0.05) is 19.3 Å². The van der Waals surface area contributed by atoms with Gasteiger partial charge in [0.2, 0.25) is 0 Å². The van der Waals surface area contributed by atoms with Crippen LogP contribution in [0.5, 0.6) is 0 Å². The Morgan fingerprint density at radius 3 is 0.690 bits per heavy atom. The number of esters is 3. The molecule has 0 aliphatic heterocycles. The number of carbonyl (C=O) groups is 3. The summed E-state index contributed by atoms with van der Waals surface area (Å²) in [6.07, 6.45) is 50.8. The molecule has 0 aromatic rings. The minimum atomic E-state index is -0.759. The quantitative estimate of drug-likeness (QED) is 0.0346. The molecule has 0 radical (unpaired) electrons. The zero-order valence-electron chi connectivity index (χ0n) is 39.3. The summed E-state index contributed by atoms with van der Waals surface area (Å²) in [4.78, 5) is 37.9. The normalized spacial score (nSPS) is 11.8. The fraction of sp³-hybridized carbons (Fsp3) is 0.942. The molecule has 6 heteroatoms. The SMILES string of the molecule is CCCCCCCCCCCCCCCCCCCC(=O)OC[C@@H](COC(=O)CCCCCCCCCCCC)OC(=O)CCCCCCCCCCCCCCC. The van der Waals surface area contributed by atoms with Crippen LogP contribution in [-0.2, 0) is 28.6 Å². The van der Waals surface area contributed by atoms with Gasteiger partial charge in [-0.1, -0.05) is 258 Å². The van der Waals surface area contributed by atoms with Crippen molar-refractivity contribution in [3.8, 4) is 0 Å². The fourth-order valence-corrected chi connectivity index (χ4v) is 7.92. The second-order valence-corrected chi connectivity index (χ2v) is 17.8. The van der Waals surface area contributed by atoms with E-state index in [-0.39, 0.29) is 31.1 Å². The smallest absolute Gasteiger partial charge is 0.306 e. The van der Waals surface area contributed by atoms with Gasteiger partial charge < -0.3 is 14.2 Å². The Morgan fingerprint density at radius 2 is 0.466 bits per heavy atom. The molecule has 0 saturated heterocycles. The molecule has 58 heavy (non-hydrogen) atoms. The lowest BCUT2D eigenvalue weighted by Crippen LogP contribution is -2.30. The Kier molecular flexibility index (Phi) is 46.8. The van der Waals surface area contributed by atoms with Gasteiger partial charge in [0.05, 0.1) is 0 Å². The zero-order valence-corrected chi connectivity index (χ0v) is 39.3. The number of carbonyl (C=O) groups excluding carboxylic acids is 3. The summed E-state index contributed by atoms with van der Waals surface area (Å²) in [5.41, 5.74) is 0. The number of rotatable bonds is 48. The molecule has 344 valence electrons. The molecule has 0 amide bonds. The van der Waals surface area contributed by atoms with Crippen LogP contribution in [0.3, 0.4) is 0 Å². The third-order valence-corrected chi connectivity index (χ3v) is 11.9. The molecule has 0 heterocycles. The van der Waals surface area contributed by atoms with Gasteiger partial charge in [-0.3, -0.25) is 14.4 Å². The van der Waals surface area contributed by atoms with Crippen LogP contribution in [0.25, 0.3) is 0 Å². The van der Waals surface area contributed by atoms with Crippen LogP contribution in [0.4, 0.5) is 0 Å². The Labute approximate surface area is 361 Å².